The van der Waals surface area contributed by atoms with Crippen LogP contribution in [0.15, 0.2) is 29.6 Å². The van der Waals surface area contributed by atoms with Crippen molar-refractivity contribution in [1.82, 2.24) is 20.3 Å². The van der Waals surface area contributed by atoms with Crippen LogP contribution in [0.25, 0.3) is 11.0 Å². The van der Waals surface area contributed by atoms with Crippen molar-refractivity contribution in [1.29, 1.82) is 0 Å². The van der Waals surface area contributed by atoms with Gasteiger partial charge in [-0.15, -0.1) is 11.3 Å². The highest BCUT2D eigenvalue weighted by Crippen LogP contribution is 2.16. The highest BCUT2D eigenvalue weighted by atomic mass is 32.1. The predicted octanol–water partition coefficient (Wildman–Crippen LogP) is 3.11. The van der Waals surface area contributed by atoms with Crippen LogP contribution in [0.5, 0.6) is 0 Å². The Balaban J connectivity index is 1.68. The highest BCUT2D eigenvalue weighted by molar-refractivity contribution is 7.09. The smallest absolute Gasteiger partial charge is 0.114 e. The van der Waals surface area contributed by atoms with E-state index in [2.05, 4.69) is 32.6 Å². The van der Waals surface area contributed by atoms with Gasteiger partial charge >= 0.3 is 0 Å². The van der Waals surface area contributed by atoms with E-state index in [4.69, 9.17) is 0 Å². The number of hydrogen-bond acceptors (Lipinski definition) is 4. The Kier molecular flexibility index (Phi) is 4.08. The topological polar surface area (TPSA) is 53.6 Å². The zero-order chi connectivity index (χ0) is 13.8. The number of benzene rings is 1. The van der Waals surface area contributed by atoms with Crippen molar-refractivity contribution in [3.63, 3.8) is 0 Å². The Bertz CT molecular complexity index is 653. The third-order valence-electron chi connectivity index (χ3n) is 3.09. The van der Waals surface area contributed by atoms with Crippen molar-refractivity contribution < 1.29 is 0 Å². The van der Waals surface area contributed by atoms with Gasteiger partial charge in [0.2, 0.25) is 0 Å². The van der Waals surface area contributed by atoms with Crippen molar-refractivity contribution in [2.45, 2.75) is 26.3 Å². The molecule has 0 amide bonds. The summed E-state index contributed by atoms with van der Waals surface area (Å²) in [6.07, 6.45) is 1.92. The summed E-state index contributed by atoms with van der Waals surface area (Å²) in [5, 5.41) is 6.61. The van der Waals surface area contributed by atoms with E-state index in [0.29, 0.717) is 0 Å². The van der Waals surface area contributed by atoms with Crippen LogP contribution in [0.2, 0.25) is 0 Å². The zero-order valence-electron chi connectivity index (χ0n) is 11.5. The summed E-state index contributed by atoms with van der Waals surface area (Å²) in [5.74, 6) is 0.980. The van der Waals surface area contributed by atoms with Gasteiger partial charge in [-0.2, -0.15) is 0 Å². The summed E-state index contributed by atoms with van der Waals surface area (Å²) in [7, 11) is 0. The lowest BCUT2D eigenvalue weighted by Crippen LogP contribution is -2.13. The van der Waals surface area contributed by atoms with Crippen LogP contribution in [0.4, 0.5) is 0 Å². The second-order valence-corrected chi connectivity index (χ2v) is 5.73. The molecule has 3 aromatic rings. The molecule has 5 heteroatoms. The molecule has 0 radical (unpaired) electrons. The first-order valence-corrected chi connectivity index (χ1v) is 7.80. The van der Waals surface area contributed by atoms with E-state index in [-0.39, 0.29) is 0 Å². The van der Waals surface area contributed by atoms with Crippen molar-refractivity contribution in [3.8, 4) is 0 Å². The van der Waals surface area contributed by atoms with E-state index < -0.39 is 0 Å². The molecule has 104 valence electrons. The lowest BCUT2D eigenvalue weighted by Gasteiger charge is -1.98. The quantitative estimate of drug-likeness (QED) is 0.685. The monoisotopic (exact) mass is 286 g/mol. The zero-order valence-corrected chi connectivity index (χ0v) is 12.3. The maximum atomic E-state index is 4.64. The number of hydrogen-bond donors (Lipinski definition) is 2. The molecule has 0 fully saturated rings. The van der Waals surface area contributed by atoms with Crippen molar-refractivity contribution in [3.05, 3.63) is 46.2 Å². The molecule has 0 aliphatic carbocycles. The van der Waals surface area contributed by atoms with Gasteiger partial charge in [-0.05, 0) is 25.1 Å². The molecule has 0 saturated carbocycles. The van der Waals surface area contributed by atoms with E-state index >= 15 is 0 Å². The first-order chi connectivity index (χ1) is 9.85. The minimum absolute atomic E-state index is 0.771. The van der Waals surface area contributed by atoms with Crippen molar-refractivity contribution in [2.24, 2.45) is 0 Å². The van der Waals surface area contributed by atoms with Crippen molar-refractivity contribution in [2.75, 3.05) is 6.54 Å². The molecule has 2 aromatic heterocycles. The molecule has 3 rings (SSSR count). The molecule has 0 spiro atoms. The Morgan fingerprint density at radius 1 is 1.25 bits per heavy atom. The molecule has 0 unspecified atom stereocenters. The fraction of sp³-hybridized carbons (Fsp3) is 0.333. The summed E-state index contributed by atoms with van der Waals surface area (Å²) in [4.78, 5) is 12.6. The Morgan fingerprint density at radius 3 is 3.00 bits per heavy atom. The van der Waals surface area contributed by atoms with Crippen LogP contribution in [-0.2, 0) is 13.0 Å². The van der Waals surface area contributed by atoms with Gasteiger partial charge in [0.05, 0.1) is 23.1 Å². The normalized spacial score (nSPS) is 11.2. The summed E-state index contributed by atoms with van der Waals surface area (Å²) in [5.41, 5.74) is 3.22. The molecule has 2 heterocycles. The SMILES string of the molecule is CCCNCc1csc(Cc2nc3ccccc3[nH]2)n1. The third kappa shape index (κ3) is 3.05. The molecule has 1 aromatic carbocycles. The van der Waals surface area contributed by atoms with Crippen LogP contribution in [0.1, 0.15) is 29.9 Å². The van der Waals surface area contributed by atoms with E-state index in [1.54, 1.807) is 11.3 Å². The average Bonchev–Trinajstić information content (AvgIpc) is 3.05. The molecule has 0 aliphatic rings. The molecule has 0 saturated heterocycles. The van der Waals surface area contributed by atoms with E-state index in [0.717, 1.165) is 53.5 Å². The second kappa shape index (κ2) is 6.15. The lowest BCUT2D eigenvalue weighted by molar-refractivity contribution is 0.665. The number of fused-ring (bicyclic) bond motifs is 1. The first kappa shape index (κ1) is 13.3. The number of aromatic amines is 1. The van der Waals surface area contributed by atoms with Crippen LogP contribution < -0.4 is 5.32 Å². The number of aromatic nitrogens is 3. The number of rotatable bonds is 6. The van der Waals surface area contributed by atoms with Crippen LogP contribution in [0.3, 0.4) is 0 Å². The molecule has 2 N–H and O–H groups in total. The maximum Gasteiger partial charge on any atom is 0.114 e. The first-order valence-electron chi connectivity index (χ1n) is 6.93. The minimum atomic E-state index is 0.771. The van der Waals surface area contributed by atoms with Crippen LogP contribution >= 0.6 is 11.3 Å². The molecular weight excluding hydrogens is 268 g/mol. The van der Waals surface area contributed by atoms with Gasteiger partial charge in [0.1, 0.15) is 10.8 Å². The summed E-state index contributed by atoms with van der Waals surface area (Å²) in [6.45, 7) is 4.06. The molecule has 0 aliphatic heterocycles. The number of imidazole rings is 1. The van der Waals surface area contributed by atoms with Gasteiger partial charge < -0.3 is 10.3 Å². The Morgan fingerprint density at radius 2 is 2.15 bits per heavy atom. The minimum Gasteiger partial charge on any atom is -0.342 e. The van der Waals surface area contributed by atoms with Gasteiger partial charge in [0, 0.05) is 11.9 Å². The lowest BCUT2D eigenvalue weighted by atomic mass is 10.3. The van der Waals surface area contributed by atoms with E-state index in [9.17, 15) is 0 Å². The molecule has 20 heavy (non-hydrogen) atoms. The van der Waals surface area contributed by atoms with Gasteiger partial charge in [0.25, 0.3) is 0 Å². The van der Waals surface area contributed by atoms with E-state index in [1.165, 1.54) is 0 Å². The summed E-state index contributed by atoms with van der Waals surface area (Å²) in [6, 6.07) is 8.10. The highest BCUT2D eigenvalue weighted by Gasteiger charge is 2.07. The van der Waals surface area contributed by atoms with Crippen LogP contribution in [-0.4, -0.2) is 21.5 Å². The molecular formula is C15H18N4S. The van der Waals surface area contributed by atoms with Crippen molar-refractivity contribution >= 4 is 22.4 Å². The molecule has 0 bridgehead atoms. The molecule has 4 nitrogen and oxygen atoms in total. The predicted molar refractivity (Wildman–Crippen MR) is 83.0 cm³/mol. The Labute approximate surface area is 122 Å². The second-order valence-electron chi connectivity index (χ2n) is 4.79. The third-order valence-corrected chi connectivity index (χ3v) is 3.99. The maximum absolute atomic E-state index is 4.64. The number of H-pyrrole nitrogens is 1. The van der Waals surface area contributed by atoms with Gasteiger partial charge in [-0.25, -0.2) is 9.97 Å². The number of para-hydroxylation sites is 2. The number of nitrogens with zero attached hydrogens (tertiary/aromatic N) is 2. The number of nitrogens with one attached hydrogen (secondary N) is 2. The van der Waals surface area contributed by atoms with Gasteiger partial charge in [-0.1, -0.05) is 19.1 Å². The van der Waals surface area contributed by atoms with Gasteiger partial charge in [-0.3, -0.25) is 0 Å². The summed E-state index contributed by atoms with van der Waals surface area (Å²) < 4.78 is 0. The fourth-order valence-corrected chi connectivity index (χ4v) is 2.94. The largest absolute Gasteiger partial charge is 0.342 e. The fourth-order valence-electron chi connectivity index (χ4n) is 2.14. The van der Waals surface area contributed by atoms with Crippen LogP contribution in [0, 0.1) is 0 Å². The standard InChI is InChI=1S/C15H18N4S/c1-2-7-16-9-11-10-20-15(17-11)8-14-18-12-5-3-4-6-13(12)19-14/h3-6,10,16H,2,7-9H2,1H3,(H,18,19). The summed E-state index contributed by atoms with van der Waals surface area (Å²) >= 11 is 1.70. The average molecular weight is 286 g/mol. The van der Waals surface area contributed by atoms with E-state index in [1.807, 2.05) is 24.3 Å². The number of thiazole rings is 1. The van der Waals surface area contributed by atoms with Gasteiger partial charge in [0.15, 0.2) is 0 Å². The Hall–Kier alpha value is -1.72. The molecule has 0 atom stereocenters.